The van der Waals surface area contributed by atoms with Crippen LogP contribution in [0.15, 0.2) is 12.1 Å². The number of aliphatic hydroxyl groups excluding tert-OH is 1. The fourth-order valence-electron chi connectivity index (χ4n) is 0.991. The molecule has 0 radical (unpaired) electrons. The molecule has 1 rings (SSSR count). The predicted octanol–water partition coefficient (Wildman–Crippen LogP) is 1.39. The molecule has 0 aliphatic heterocycles. The Balaban J connectivity index is 3.11. The predicted molar refractivity (Wildman–Crippen MR) is 50.1 cm³/mol. The number of aromatic hydroxyl groups is 1. The Bertz CT molecular complexity index is 371. The van der Waals surface area contributed by atoms with E-state index < -0.39 is 23.6 Å². The lowest BCUT2D eigenvalue weighted by atomic mass is 10.1. The fourth-order valence-corrected chi connectivity index (χ4v) is 1.21. The molecular weight excluding hydrogens is 227 g/mol. The molecule has 0 amide bonds. The molecule has 0 saturated heterocycles. The molecule has 0 aromatic heterocycles. The van der Waals surface area contributed by atoms with Crippen molar-refractivity contribution in [2.75, 3.05) is 7.11 Å². The van der Waals surface area contributed by atoms with Gasteiger partial charge in [-0.15, -0.1) is 0 Å². The molecule has 1 atom stereocenters. The first-order chi connectivity index (χ1) is 6.97. The normalized spacial score (nSPS) is 12.3. The van der Waals surface area contributed by atoms with E-state index in [-0.39, 0.29) is 10.6 Å². The molecule has 82 valence electrons. The minimum absolute atomic E-state index is 0.0813. The number of halogens is 2. The Hall–Kier alpha value is -1.33. The Morgan fingerprint density at radius 2 is 2.20 bits per heavy atom. The van der Waals surface area contributed by atoms with Gasteiger partial charge in [-0.25, -0.2) is 9.18 Å². The van der Waals surface area contributed by atoms with Crippen molar-refractivity contribution in [2.24, 2.45) is 0 Å². The van der Waals surface area contributed by atoms with Crippen molar-refractivity contribution in [3.05, 3.63) is 28.5 Å². The van der Waals surface area contributed by atoms with E-state index in [1.165, 1.54) is 0 Å². The summed E-state index contributed by atoms with van der Waals surface area (Å²) in [5.41, 5.74) is -0.0813. The van der Waals surface area contributed by atoms with Crippen LogP contribution in [-0.2, 0) is 9.53 Å². The zero-order chi connectivity index (χ0) is 11.6. The molecule has 1 unspecified atom stereocenters. The molecule has 1 aromatic rings. The molecule has 0 bridgehead atoms. The first-order valence-corrected chi connectivity index (χ1v) is 4.29. The van der Waals surface area contributed by atoms with Gasteiger partial charge in [-0.05, 0) is 17.7 Å². The molecule has 4 nitrogen and oxygen atoms in total. The van der Waals surface area contributed by atoms with Gasteiger partial charge in [0.1, 0.15) is 0 Å². The van der Waals surface area contributed by atoms with E-state index in [9.17, 15) is 14.3 Å². The number of aliphatic hydroxyl groups is 1. The van der Waals surface area contributed by atoms with E-state index in [1.54, 1.807) is 0 Å². The number of methoxy groups -OCH3 is 1. The van der Waals surface area contributed by atoms with Crippen molar-refractivity contribution in [2.45, 2.75) is 6.10 Å². The average Bonchev–Trinajstić information content (AvgIpc) is 2.23. The van der Waals surface area contributed by atoms with Gasteiger partial charge in [0.15, 0.2) is 17.7 Å². The number of rotatable bonds is 2. The molecule has 0 aliphatic carbocycles. The molecule has 1 aromatic carbocycles. The van der Waals surface area contributed by atoms with Crippen LogP contribution in [0, 0.1) is 5.82 Å². The molecular formula is C9H8ClFO4. The van der Waals surface area contributed by atoms with Crippen LogP contribution in [0.4, 0.5) is 4.39 Å². The summed E-state index contributed by atoms with van der Waals surface area (Å²) in [6.45, 7) is 0. The number of carbonyl (C=O) groups is 1. The van der Waals surface area contributed by atoms with Gasteiger partial charge in [0.2, 0.25) is 0 Å². The molecule has 0 spiro atoms. The number of carbonyl (C=O) groups excluding carboxylic acids is 1. The second-order valence-electron chi connectivity index (χ2n) is 2.76. The van der Waals surface area contributed by atoms with Crippen LogP contribution in [0.5, 0.6) is 5.75 Å². The van der Waals surface area contributed by atoms with E-state index in [0.29, 0.717) is 0 Å². The van der Waals surface area contributed by atoms with E-state index in [1.807, 2.05) is 0 Å². The maximum atomic E-state index is 13.0. The topological polar surface area (TPSA) is 66.8 Å². The minimum atomic E-state index is -1.62. The summed E-state index contributed by atoms with van der Waals surface area (Å²) in [6, 6.07) is 1.89. The monoisotopic (exact) mass is 234 g/mol. The Labute approximate surface area is 89.9 Å². The highest BCUT2D eigenvalue weighted by molar-refractivity contribution is 6.32. The van der Waals surface area contributed by atoms with Crippen molar-refractivity contribution < 1.29 is 24.1 Å². The van der Waals surface area contributed by atoms with Gasteiger partial charge in [-0.3, -0.25) is 0 Å². The van der Waals surface area contributed by atoms with E-state index >= 15 is 0 Å². The van der Waals surface area contributed by atoms with Gasteiger partial charge in [0.25, 0.3) is 0 Å². The molecule has 0 aliphatic rings. The molecule has 0 fully saturated rings. The van der Waals surface area contributed by atoms with E-state index in [0.717, 1.165) is 19.2 Å². The van der Waals surface area contributed by atoms with Crippen molar-refractivity contribution >= 4 is 17.6 Å². The third-order valence-electron chi connectivity index (χ3n) is 1.78. The maximum absolute atomic E-state index is 13.0. The van der Waals surface area contributed by atoms with Crippen molar-refractivity contribution in [1.29, 1.82) is 0 Å². The van der Waals surface area contributed by atoms with Crippen LogP contribution in [0.1, 0.15) is 11.7 Å². The minimum Gasteiger partial charge on any atom is -0.504 e. The number of phenolic OH excluding ortho intramolecular Hbond substituents is 1. The number of hydrogen-bond acceptors (Lipinski definition) is 4. The maximum Gasteiger partial charge on any atom is 0.339 e. The fraction of sp³-hybridized carbons (Fsp3) is 0.222. The van der Waals surface area contributed by atoms with Gasteiger partial charge in [-0.2, -0.15) is 0 Å². The number of hydrogen-bond donors (Lipinski definition) is 2. The van der Waals surface area contributed by atoms with Crippen molar-refractivity contribution in [1.82, 2.24) is 0 Å². The lowest BCUT2D eigenvalue weighted by Crippen LogP contribution is -2.13. The highest BCUT2D eigenvalue weighted by Crippen LogP contribution is 2.30. The molecule has 0 heterocycles. The van der Waals surface area contributed by atoms with Gasteiger partial charge in [0, 0.05) is 0 Å². The third-order valence-corrected chi connectivity index (χ3v) is 2.07. The Morgan fingerprint density at radius 1 is 1.60 bits per heavy atom. The zero-order valence-electron chi connectivity index (χ0n) is 7.70. The summed E-state index contributed by atoms with van der Waals surface area (Å²) < 4.78 is 17.2. The lowest BCUT2D eigenvalue weighted by molar-refractivity contribution is -0.150. The summed E-state index contributed by atoms with van der Waals surface area (Å²) in [4.78, 5) is 10.9. The second kappa shape index (κ2) is 4.46. The molecule has 0 saturated carbocycles. The third kappa shape index (κ3) is 2.37. The zero-order valence-corrected chi connectivity index (χ0v) is 8.45. The van der Waals surface area contributed by atoms with Crippen LogP contribution in [-0.4, -0.2) is 23.3 Å². The lowest BCUT2D eigenvalue weighted by Gasteiger charge is -2.09. The summed E-state index contributed by atoms with van der Waals surface area (Å²) in [5.74, 6) is -2.67. The van der Waals surface area contributed by atoms with Crippen LogP contribution < -0.4 is 0 Å². The molecule has 6 heteroatoms. The number of phenols is 1. The standard InChI is InChI=1S/C9H8ClFO4/c1-15-9(14)7(12)4-2-5(10)8(13)6(11)3-4/h2-3,7,12-13H,1H3. The Kier molecular flexibility index (Phi) is 3.49. The summed E-state index contributed by atoms with van der Waals surface area (Å²) >= 11 is 5.46. The van der Waals surface area contributed by atoms with E-state index in [2.05, 4.69) is 4.74 Å². The summed E-state index contributed by atoms with van der Waals surface area (Å²) in [6.07, 6.45) is -1.62. The smallest absolute Gasteiger partial charge is 0.339 e. The molecule has 15 heavy (non-hydrogen) atoms. The van der Waals surface area contributed by atoms with Crippen LogP contribution in [0.2, 0.25) is 5.02 Å². The van der Waals surface area contributed by atoms with Gasteiger partial charge in [-0.1, -0.05) is 11.6 Å². The Morgan fingerprint density at radius 3 is 2.67 bits per heavy atom. The number of benzene rings is 1. The highest BCUT2D eigenvalue weighted by atomic mass is 35.5. The van der Waals surface area contributed by atoms with Crippen molar-refractivity contribution in [3.8, 4) is 5.75 Å². The quantitative estimate of drug-likeness (QED) is 0.759. The van der Waals surface area contributed by atoms with Crippen LogP contribution in [0.3, 0.4) is 0 Å². The summed E-state index contributed by atoms with van der Waals surface area (Å²) in [7, 11) is 1.09. The molecule has 2 N–H and O–H groups in total. The van der Waals surface area contributed by atoms with Gasteiger partial charge < -0.3 is 14.9 Å². The van der Waals surface area contributed by atoms with Gasteiger partial charge >= 0.3 is 5.97 Å². The SMILES string of the molecule is COC(=O)C(O)c1cc(F)c(O)c(Cl)c1. The largest absolute Gasteiger partial charge is 0.504 e. The number of ether oxygens (including phenoxy) is 1. The van der Waals surface area contributed by atoms with Crippen molar-refractivity contribution in [3.63, 3.8) is 0 Å². The second-order valence-corrected chi connectivity index (χ2v) is 3.17. The van der Waals surface area contributed by atoms with Crippen LogP contribution >= 0.6 is 11.6 Å². The first-order valence-electron chi connectivity index (χ1n) is 3.91. The van der Waals surface area contributed by atoms with Gasteiger partial charge in [0.05, 0.1) is 12.1 Å². The number of esters is 1. The first kappa shape index (κ1) is 11.7. The summed E-state index contributed by atoms with van der Waals surface area (Å²) in [5, 5.41) is 18.1. The van der Waals surface area contributed by atoms with E-state index in [4.69, 9.17) is 16.7 Å². The highest BCUT2D eigenvalue weighted by Gasteiger charge is 2.20. The average molecular weight is 235 g/mol. The van der Waals surface area contributed by atoms with Crippen LogP contribution in [0.25, 0.3) is 0 Å².